The van der Waals surface area contributed by atoms with Gasteiger partial charge < -0.3 is 19.9 Å². The number of hydrogen-bond donors (Lipinski definition) is 1. The summed E-state index contributed by atoms with van der Waals surface area (Å²) in [5.41, 5.74) is 2.31. The van der Waals surface area contributed by atoms with Crippen LogP contribution in [-0.4, -0.2) is 49.4 Å². The Balaban J connectivity index is 1.35. The molecule has 4 rings (SSSR count). The van der Waals surface area contributed by atoms with Crippen molar-refractivity contribution in [3.05, 3.63) is 59.7 Å². The van der Waals surface area contributed by atoms with E-state index >= 15 is 0 Å². The third-order valence-corrected chi connectivity index (χ3v) is 5.97. The summed E-state index contributed by atoms with van der Waals surface area (Å²) < 4.78 is 5.30. The molecule has 7 nitrogen and oxygen atoms in total. The molecule has 1 N–H and O–H groups in total. The zero-order valence-electron chi connectivity index (χ0n) is 17.7. The summed E-state index contributed by atoms with van der Waals surface area (Å²) in [5.74, 6) is 0.478. The number of benzene rings is 2. The Morgan fingerprint density at radius 1 is 1.10 bits per heavy atom. The highest BCUT2D eigenvalue weighted by atomic mass is 16.5. The van der Waals surface area contributed by atoms with E-state index in [1.54, 1.807) is 36.3 Å². The standard InChI is InChI=1S/C24H27N3O4/c1-31-20-6-2-5-18(15-20)21-7-3-14-27(21)23(29)16-25-24(30)17-9-11-19(12-10-17)26-13-4-8-22(26)28/h2,5-6,9-12,15,21H,3-4,7-8,13-14,16H2,1H3,(H,25,30). The summed E-state index contributed by atoms with van der Waals surface area (Å²) in [6, 6.07) is 14.7. The Morgan fingerprint density at radius 3 is 2.61 bits per heavy atom. The number of hydrogen-bond acceptors (Lipinski definition) is 4. The third kappa shape index (κ3) is 4.55. The molecule has 7 heteroatoms. The Morgan fingerprint density at radius 2 is 1.90 bits per heavy atom. The first-order valence-electron chi connectivity index (χ1n) is 10.7. The first-order chi connectivity index (χ1) is 15.1. The molecule has 0 radical (unpaired) electrons. The SMILES string of the molecule is COc1cccc(C2CCCN2C(=O)CNC(=O)c2ccc(N3CCCC3=O)cc2)c1. The highest BCUT2D eigenvalue weighted by Crippen LogP contribution is 2.33. The fraction of sp³-hybridized carbons (Fsp3) is 0.375. The second-order valence-corrected chi connectivity index (χ2v) is 7.90. The summed E-state index contributed by atoms with van der Waals surface area (Å²) in [6.07, 6.45) is 3.25. The lowest BCUT2D eigenvalue weighted by Gasteiger charge is -2.25. The minimum atomic E-state index is -0.301. The molecule has 0 saturated carbocycles. The molecule has 162 valence electrons. The van der Waals surface area contributed by atoms with E-state index in [1.165, 1.54) is 0 Å². The van der Waals surface area contributed by atoms with Crippen LogP contribution in [0, 0.1) is 0 Å². The number of rotatable bonds is 6. The number of carbonyl (C=O) groups is 3. The molecule has 2 heterocycles. The van der Waals surface area contributed by atoms with Gasteiger partial charge in [-0.15, -0.1) is 0 Å². The van der Waals surface area contributed by atoms with Crippen molar-refractivity contribution in [2.24, 2.45) is 0 Å². The first kappa shape index (κ1) is 20.9. The fourth-order valence-electron chi connectivity index (χ4n) is 4.33. The lowest BCUT2D eigenvalue weighted by atomic mass is 10.0. The maximum absolute atomic E-state index is 12.8. The molecule has 2 aliphatic rings. The number of ether oxygens (including phenoxy) is 1. The third-order valence-electron chi connectivity index (χ3n) is 5.97. The average molecular weight is 421 g/mol. The predicted molar refractivity (Wildman–Crippen MR) is 117 cm³/mol. The molecule has 0 spiro atoms. The Hall–Kier alpha value is -3.35. The van der Waals surface area contributed by atoms with Gasteiger partial charge in [0.05, 0.1) is 19.7 Å². The molecule has 2 fully saturated rings. The fourth-order valence-corrected chi connectivity index (χ4v) is 4.33. The minimum Gasteiger partial charge on any atom is -0.497 e. The van der Waals surface area contributed by atoms with Crippen molar-refractivity contribution in [3.63, 3.8) is 0 Å². The minimum absolute atomic E-state index is 0.00298. The van der Waals surface area contributed by atoms with Gasteiger partial charge >= 0.3 is 0 Å². The Bertz CT molecular complexity index is 973. The molecule has 0 bridgehead atoms. The van der Waals surface area contributed by atoms with Gasteiger partial charge in [-0.25, -0.2) is 0 Å². The van der Waals surface area contributed by atoms with E-state index in [4.69, 9.17) is 4.74 Å². The van der Waals surface area contributed by atoms with E-state index in [-0.39, 0.29) is 30.3 Å². The van der Waals surface area contributed by atoms with Gasteiger partial charge in [0.25, 0.3) is 5.91 Å². The Kier molecular flexibility index (Phi) is 6.21. The van der Waals surface area contributed by atoms with Crippen LogP contribution in [0.4, 0.5) is 5.69 Å². The van der Waals surface area contributed by atoms with Gasteiger partial charge in [-0.05, 0) is 61.2 Å². The monoisotopic (exact) mass is 421 g/mol. The highest BCUT2D eigenvalue weighted by molar-refractivity contribution is 5.98. The molecule has 2 aromatic rings. The summed E-state index contributed by atoms with van der Waals surface area (Å²) in [4.78, 5) is 40.8. The second kappa shape index (κ2) is 9.20. The second-order valence-electron chi connectivity index (χ2n) is 7.90. The largest absolute Gasteiger partial charge is 0.497 e. The molecule has 1 unspecified atom stereocenters. The molecule has 2 aliphatic heterocycles. The van der Waals surface area contributed by atoms with Crippen molar-refractivity contribution in [2.75, 3.05) is 31.6 Å². The molecule has 0 aromatic heterocycles. The van der Waals surface area contributed by atoms with Gasteiger partial charge in [-0.2, -0.15) is 0 Å². The maximum Gasteiger partial charge on any atom is 0.251 e. The van der Waals surface area contributed by atoms with E-state index in [2.05, 4.69) is 5.32 Å². The molecular formula is C24H27N3O4. The van der Waals surface area contributed by atoms with Gasteiger partial charge in [-0.1, -0.05) is 12.1 Å². The van der Waals surface area contributed by atoms with Crippen LogP contribution in [-0.2, 0) is 9.59 Å². The van der Waals surface area contributed by atoms with Gasteiger partial charge in [0, 0.05) is 30.8 Å². The number of nitrogens with zero attached hydrogens (tertiary/aromatic N) is 2. The molecule has 0 aliphatic carbocycles. The summed E-state index contributed by atoms with van der Waals surface area (Å²) >= 11 is 0. The molecule has 1 atom stereocenters. The predicted octanol–water partition coefficient (Wildman–Crippen LogP) is 2.92. The van der Waals surface area contributed by atoms with Crippen molar-refractivity contribution < 1.29 is 19.1 Å². The van der Waals surface area contributed by atoms with Crippen molar-refractivity contribution in [1.29, 1.82) is 0 Å². The summed E-state index contributed by atoms with van der Waals surface area (Å²) in [6.45, 7) is 1.34. The number of nitrogens with one attached hydrogen (secondary N) is 1. The Labute approximate surface area is 182 Å². The van der Waals surface area contributed by atoms with Crippen LogP contribution < -0.4 is 15.0 Å². The molecule has 31 heavy (non-hydrogen) atoms. The van der Waals surface area contributed by atoms with E-state index in [0.29, 0.717) is 25.1 Å². The number of carbonyl (C=O) groups excluding carboxylic acids is 3. The first-order valence-corrected chi connectivity index (χ1v) is 10.7. The zero-order chi connectivity index (χ0) is 21.8. The van der Waals surface area contributed by atoms with Crippen LogP contribution >= 0.6 is 0 Å². The van der Waals surface area contributed by atoms with Crippen LogP contribution in [0.2, 0.25) is 0 Å². The van der Waals surface area contributed by atoms with Gasteiger partial charge in [-0.3, -0.25) is 14.4 Å². The number of likely N-dealkylation sites (tertiary alicyclic amines) is 1. The van der Waals surface area contributed by atoms with Crippen molar-refractivity contribution in [1.82, 2.24) is 10.2 Å². The highest BCUT2D eigenvalue weighted by Gasteiger charge is 2.30. The van der Waals surface area contributed by atoms with Crippen LogP contribution in [0.25, 0.3) is 0 Å². The van der Waals surface area contributed by atoms with Crippen LogP contribution in [0.1, 0.15) is 47.6 Å². The van der Waals surface area contributed by atoms with Gasteiger partial charge in [0.2, 0.25) is 11.8 Å². The topological polar surface area (TPSA) is 79.0 Å². The van der Waals surface area contributed by atoms with Crippen molar-refractivity contribution in [2.45, 2.75) is 31.7 Å². The van der Waals surface area contributed by atoms with Gasteiger partial charge in [0.1, 0.15) is 5.75 Å². The number of methoxy groups -OCH3 is 1. The van der Waals surface area contributed by atoms with E-state index in [0.717, 1.165) is 36.3 Å². The smallest absolute Gasteiger partial charge is 0.251 e. The maximum atomic E-state index is 12.8. The van der Waals surface area contributed by atoms with Crippen LogP contribution in [0.5, 0.6) is 5.75 Å². The number of anilines is 1. The summed E-state index contributed by atoms with van der Waals surface area (Å²) in [5, 5.41) is 2.73. The van der Waals surface area contributed by atoms with Crippen LogP contribution in [0.3, 0.4) is 0 Å². The molecular weight excluding hydrogens is 394 g/mol. The van der Waals surface area contributed by atoms with E-state index < -0.39 is 0 Å². The van der Waals surface area contributed by atoms with E-state index in [1.807, 2.05) is 29.2 Å². The van der Waals surface area contributed by atoms with Gasteiger partial charge in [0.15, 0.2) is 0 Å². The zero-order valence-corrected chi connectivity index (χ0v) is 17.7. The molecule has 3 amide bonds. The number of amides is 3. The quantitative estimate of drug-likeness (QED) is 0.778. The lowest BCUT2D eigenvalue weighted by Crippen LogP contribution is -2.39. The molecule has 2 saturated heterocycles. The lowest BCUT2D eigenvalue weighted by molar-refractivity contribution is -0.131. The normalized spacial score (nSPS) is 18.4. The molecule has 2 aromatic carbocycles. The average Bonchev–Trinajstić information content (AvgIpc) is 3.46. The van der Waals surface area contributed by atoms with Crippen molar-refractivity contribution >= 4 is 23.4 Å². The van der Waals surface area contributed by atoms with E-state index in [9.17, 15) is 14.4 Å². The van der Waals surface area contributed by atoms with Crippen LogP contribution in [0.15, 0.2) is 48.5 Å². The van der Waals surface area contributed by atoms with Crippen molar-refractivity contribution in [3.8, 4) is 5.75 Å². The summed E-state index contributed by atoms with van der Waals surface area (Å²) in [7, 11) is 1.63.